The van der Waals surface area contributed by atoms with Gasteiger partial charge in [0.25, 0.3) is 0 Å². The summed E-state index contributed by atoms with van der Waals surface area (Å²) in [5.74, 6) is 3.34. The summed E-state index contributed by atoms with van der Waals surface area (Å²) in [5.41, 5.74) is 0. The molecule has 1 amide bonds. The van der Waals surface area contributed by atoms with Gasteiger partial charge in [-0.3, -0.25) is 4.79 Å². The third-order valence-corrected chi connectivity index (χ3v) is 4.03. The third kappa shape index (κ3) is 2.22. The Labute approximate surface area is 90.4 Å². The first kappa shape index (κ1) is 10.3. The van der Waals surface area contributed by atoms with Gasteiger partial charge in [-0.2, -0.15) is 0 Å². The van der Waals surface area contributed by atoms with E-state index in [0.29, 0.717) is 17.7 Å². The Balaban J connectivity index is 1.68. The van der Waals surface area contributed by atoms with Gasteiger partial charge < -0.3 is 5.32 Å². The molecule has 0 heterocycles. The molecule has 2 aliphatic rings. The Hall–Kier alpha value is -0.240. The van der Waals surface area contributed by atoms with Crippen molar-refractivity contribution in [1.82, 2.24) is 5.32 Å². The molecule has 2 fully saturated rings. The van der Waals surface area contributed by atoms with Crippen LogP contribution in [0.2, 0.25) is 0 Å². The predicted octanol–water partition coefficient (Wildman–Crippen LogP) is 2.02. The number of hydrogen-bond acceptors (Lipinski definition) is 1. The average molecular weight is 216 g/mol. The second-order valence-corrected chi connectivity index (χ2v) is 5.24. The Morgan fingerprint density at radius 2 is 2.07 bits per heavy atom. The first-order chi connectivity index (χ1) is 6.70. The zero-order valence-corrected chi connectivity index (χ0v) is 9.39. The fourth-order valence-corrected chi connectivity index (χ4v) is 2.51. The number of carbonyl (C=O) groups is 1. The van der Waals surface area contributed by atoms with Crippen LogP contribution in [0.15, 0.2) is 0 Å². The number of hydrogen-bond donors (Lipinski definition) is 1. The van der Waals surface area contributed by atoms with Crippen molar-refractivity contribution in [3.05, 3.63) is 0 Å². The van der Waals surface area contributed by atoms with Crippen LogP contribution >= 0.6 is 11.6 Å². The molecule has 3 heteroatoms. The lowest BCUT2D eigenvalue weighted by molar-refractivity contribution is -0.125. The van der Waals surface area contributed by atoms with Crippen LogP contribution in [0, 0.1) is 23.7 Å². The summed E-state index contributed by atoms with van der Waals surface area (Å²) in [5, 5.41) is 2.99. The summed E-state index contributed by atoms with van der Waals surface area (Å²) in [6.45, 7) is 2.79. The van der Waals surface area contributed by atoms with E-state index in [4.69, 9.17) is 11.6 Å². The van der Waals surface area contributed by atoms with Crippen LogP contribution in [-0.4, -0.2) is 18.3 Å². The van der Waals surface area contributed by atoms with Crippen LogP contribution in [0.25, 0.3) is 0 Å². The molecule has 80 valence electrons. The zero-order valence-electron chi connectivity index (χ0n) is 8.63. The van der Waals surface area contributed by atoms with E-state index in [0.717, 1.165) is 31.2 Å². The fraction of sp³-hybridized carbons (Fsp3) is 0.909. The number of alkyl halides is 1. The number of rotatable bonds is 4. The van der Waals surface area contributed by atoms with Crippen molar-refractivity contribution < 1.29 is 4.79 Å². The minimum atomic E-state index is 0.258. The highest BCUT2D eigenvalue weighted by atomic mass is 35.5. The Kier molecular flexibility index (Phi) is 3.01. The Morgan fingerprint density at radius 3 is 2.64 bits per heavy atom. The van der Waals surface area contributed by atoms with Crippen molar-refractivity contribution in [3.63, 3.8) is 0 Å². The van der Waals surface area contributed by atoms with E-state index >= 15 is 0 Å². The molecule has 0 aromatic heterocycles. The van der Waals surface area contributed by atoms with Crippen LogP contribution in [0.1, 0.15) is 26.2 Å². The Bertz CT molecular complexity index is 221. The maximum atomic E-state index is 11.7. The standard InChI is InChI=1S/C11H18ClNO/c1-7(5-12)6-13-11(14)10-3-8-2-9(8)4-10/h7-10H,2-6H2,1H3,(H,13,14). The van der Waals surface area contributed by atoms with Gasteiger partial charge in [0.05, 0.1) is 0 Å². The molecule has 0 saturated heterocycles. The molecule has 2 saturated carbocycles. The molecule has 0 aliphatic heterocycles. The normalized spacial score (nSPS) is 36.3. The van der Waals surface area contributed by atoms with E-state index < -0.39 is 0 Å². The van der Waals surface area contributed by atoms with Gasteiger partial charge in [-0.25, -0.2) is 0 Å². The van der Waals surface area contributed by atoms with Gasteiger partial charge in [-0.1, -0.05) is 6.92 Å². The van der Waals surface area contributed by atoms with E-state index in [1.54, 1.807) is 0 Å². The van der Waals surface area contributed by atoms with Gasteiger partial charge in [0.1, 0.15) is 0 Å². The Morgan fingerprint density at radius 1 is 1.43 bits per heavy atom. The average Bonchev–Trinajstić information content (AvgIpc) is 2.81. The van der Waals surface area contributed by atoms with Crippen molar-refractivity contribution in [2.75, 3.05) is 12.4 Å². The number of nitrogens with one attached hydrogen (secondary N) is 1. The molecule has 14 heavy (non-hydrogen) atoms. The van der Waals surface area contributed by atoms with Crippen LogP contribution < -0.4 is 5.32 Å². The minimum Gasteiger partial charge on any atom is -0.356 e. The highest BCUT2D eigenvalue weighted by Gasteiger charge is 2.47. The second-order valence-electron chi connectivity index (χ2n) is 4.93. The summed E-state index contributed by atoms with van der Waals surface area (Å²) in [7, 11) is 0. The largest absolute Gasteiger partial charge is 0.356 e. The maximum absolute atomic E-state index is 11.7. The first-order valence-electron chi connectivity index (χ1n) is 5.54. The van der Waals surface area contributed by atoms with Gasteiger partial charge in [0.2, 0.25) is 5.91 Å². The lowest BCUT2D eigenvalue weighted by Crippen LogP contribution is -2.33. The number of amides is 1. The van der Waals surface area contributed by atoms with Crippen LogP contribution in [-0.2, 0) is 4.79 Å². The zero-order chi connectivity index (χ0) is 10.1. The molecule has 3 atom stereocenters. The van der Waals surface area contributed by atoms with Crippen LogP contribution in [0.5, 0.6) is 0 Å². The molecular weight excluding hydrogens is 198 g/mol. The van der Waals surface area contributed by atoms with Gasteiger partial charge >= 0.3 is 0 Å². The topological polar surface area (TPSA) is 29.1 Å². The van der Waals surface area contributed by atoms with Crippen LogP contribution in [0.3, 0.4) is 0 Å². The van der Waals surface area contributed by atoms with Gasteiger partial charge in [0, 0.05) is 18.3 Å². The lowest BCUT2D eigenvalue weighted by atomic mass is 10.0. The molecule has 0 spiro atoms. The second kappa shape index (κ2) is 4.09. The molecular formula is C11H18ClNO. The number of fused-ring (bicyclic) bond motifs is 1. The van der Waals surface area contributed by atoms with Gasteiger partial charge in [-0.15, -0.1) is 11.6 Å². The highest BCUT2D eigenvalue weighted by Crippen LogP contribution is 2.54. The maximum Gasteiger partial charge on any atom is 0.223 e. The summed E-state index contributed by atoms with van der Waals surface area (Å²) < 4.78 is 0. The van der Waals surface area contributed by atoms with E-state index in [9.17, 15) is 4.79 Å². The summed E-state index contributed by atoms with van der Waals surface area (Å²) in [6, 6.07) is 0. The highest BCUT2D eigenvalue weighted by molar-refractivity contribution is 6.18. The van der Waals surface area contributed by atoms with E-state index in [2.05, 4.69) is 12.2 Å². The summed E-state index contributed by atoms with van der Waals surface area (Å²) in [6.07, 6.45) is 3.64. The molecule has 2 aliphatic carbocycles. The predicted molar refractivity (Wildman–Crippen MR) is 57.2 cm³/mol. The molecule has 1 N–H and O–H groups in total. The number of carbonyl (C=O) groups excluding carboxylic acids is 1. The molecule has 3 unspecified atom stereocenters. The van der Waals surface area contributed by atoms with Gasteiger partial charge in [0.15, 0.2) is 0 Å². The summed E-state index contributed by atoms with van der Waals surface area (Å²) >= 11 is 5.67. The first-order valence-corrected chi connectivity index (χ1v) is 6.07. The van der Waals surface area contributed by atoms with Gasteiger partial charge in [-0.05, 0) is 37.0 Å². The van der Waals surface area contributed by atoms with Crippen LogP contribution in [0.4, 0.5) is 0 Å². The summed E-state index contributed by atoms with van der Waals surface area (Å²) in [4.78, 5) is 11.7. The molecule has 0 bridgehead atoms. The van der Waals surface area contributed by atoms with Crippen molar-refractivity contribution in [1.29, 1.82) is 0 Å². The molecule has 0 radical (unpaired) electrons. The third-order valence-electron chi connectivity index (χ3n) is 3.50. The van der Waals surface area contributed by atoms with Crippen molar-refractivity contribution in [2.45, 2.75) is 26.2 Å². The van der Waals surface area contributed by atoms with E-state index in [-0.39, 0.29) is 5.91 Å². The molecule has 0 aromatic carbocycles. The quantitative estimate of drug-likeness (QED) is 0.715. The van der Waals surface area contributed by atoms with Crippen molar-refractivity contribution in [3.8, 4) is 0 Å². The lowest BCUT2D eigenvalue weighted by Gasteiger charge is -2.14. The molecule has 2 rings (SSSR count). The van der Waals surface area contributed by atoms with E-state index in [1.165, 1.54) is 6.42 Å². The minimum absolute atomic E-state index is 0.258. The fourth-order valence-electron chi connectivity index (χ4n) is 2.40. The molecule has 2 nitrogen and oxygen atoms in total. The number of halogens is 1. The monoisotopic (exact) mass is 215 g/mol. The molecule has 0 aromatic rings. The SMILES string of the molecule is CC(CCl)CNC(=O)C1CC2CC2C1. The van der Waals surface area contributed by atoms with E-state index in [1.807, 2.05) is 0 Å². The smallest absolute Gasteiger partial charge is 0.223 e. The van der Waals surface area contributed by atoms with Crippen molar-refractivity contribution >= 4 is 17.5 Å². The van der Waals surface area contributed by atoms with Crippen molar-refractivity contribution in [2.24, 2.45) is 23.7 Å².